The van der Waals surface area contributed by atoms with Gasteiger partial charge in [-0.3, -0.25) is 9.59 Å². The van der Waals surface area contributed by atoms with E-state index in [1.807, 2.05) is 42.5 Å². The Morgan fingerprint density at radius 2 is 1.77 bits per heavy atom. The molecule has 5 heteroatoms. The first-order valence-electron chi connectivity index (χ1n) is 8.59. The monoisotopic (exact) mass is 355 g/mol. The van der Waals surface area contributed by atoms with Crippen molar-refractivity contribution in [1.82, 2.24) is 4.90 Å². The topological polar surface area (TPSA) is 55.8 Å². The molecule has 0 heterocycles. The number of likely N-dealkylation sites (N-methyl/N-ethyl adjacent to an activating group) is 1. The van der Waals surface area contributed by atoms with Crippen molar-refractivity contribution >= 4 is 11.9 Å². The van der Waals surface area contributed by atoms with Crippen molar-refractivity contribution in [3.8, 4) is 16.9 Å². The number of ether oxygens (including phenoxy) is 2. The van der Waals surface area contributed by atoms with Crippen molar-refractivity contribution in [3.63, 3.8) is 0 Å². The molecule has 0 aliphatic carbocycles. The third-order valence-corrected chi connectivity index (χ3v) is 4.05. The summed E-state index contributed by atoms with van der Waals surface area (Å²) in [5, 5.41) is 0. The summed E-state index contributed by atoms with van der Waals surface area (Å²) in [4.78, 5) is 24.6. The number of rotatable bonds is 8. The van der Waals surface area contributed by atoms with Gasteiger partial charge in [0.25, 0.3) is 5.91 Å². The minimum Gasteiger partial charge on any atom is -0.483 e. The Balaban J connectivity index is 2.19. The summed E-state index contributed by atoms with van der Waals surface area (Å²) in [6.45, 7) is -0.00544. The molecule has 0 N–H and O–H groups in total. The molecule has 0 spiro atoms. The molecule has 2 rings (SSSR count). The lowest BCUT2D eigenvalue weighted by Gasteiger charge is -2.15. The van der Waals surface area contributed by atoms with Gasteiger partial charge in [-0.15, -0.1) is 0 Å². The highest BCUT2D eigenvalue weighted by atomic mass is 16.5. The van der Waals surface area contributed by atoms with Crippen LogP contribution in [0, 0.1) is 0 Å². The Bertz CT molecular complexity index is 741. The first-order valence-corrected chi connectivity index (χ1v) is 8.59. The van der Waals surface area contributed by atoms with Gasteiger partial charge >= 0.3 is 5.97 Å². The smallest absolute Gasteiger partial charge is 0.305 e. The highest BCUT2D eigenvalue weighted by Crippen LogP contribution is 2.31. The highest BCUT2D eigenvalue weighted by molar-refractivity contribution is 5.78. The zero-order valence-electron chi connectivity index (χ0n) is 15.5. The number of hydrogen-bond acceptors (Lipinski definition) is 4. The van der Waals surface area contributed by atoms with Gasteiger partial charge in [-0.2, -0.15) is 0 Å². The minimum absolute atomic E-state index is 0.00544. The number of aryl methyl sites for hydroxylation is 1. The highest BCUT2D eigenvalue weighted by Gasteiger charge is 2.11. The summed E-state index contributed by atoms with van der Waals surface area (Å²) < 4.78 is 10.4. The Hall–Kier alpha value is -2.82. The number of hydrogen-bond donors (Lipinski definition) is 0. The molecular weight excluding hydrogens is 330 g/mol. The third-order valence-electron chi connectivity index (χ3n) is 4.05. The second-order valence-corrected chi connectivity index (χ2v) is 6.20. The first kappa shape index (κ1) is 19.5. The van der Waals surface area contributed by atoms with E-state index in [4.69, 9.17) is 4.74 Å². The Kier molecular flexibility index (Phi) is 7.21. The van der Waals surface area contributed by atoms with E-state index in [9.17, 15) is 9.59 Å². The number of carbonyl (C=O) groups is 2. The van der Waals surface area contributed by atoms with Crippen molar-refractivity contribution in [3.05, 3.63) is 54.1 Å². The molecule has 0 saturated carbocycles. The van der Waals surface area contributed by atoms with Gasteiger partial charge in [0.2, 0.25) is 0 Å². The van der Waals surface area contributed by atoms with E-state index < -0.39 is 0 Å². The number of benzene rings is 2. The number of amides is 1. The molecule has 2 aromatic carbocycles. The summed E-state index contributed by atoms with van der Waals surface area (Å²) in [5.74, 6) is 0.379. The molecule has 0 atom stereocenters. The van der Waals surface area contributed by atoms with E-state index in [2.05, 4.69) is 10.8 Å². The van der Waals surface area contributed by atoms with E-state index in [0.717, 1.165) is 29.5 Å². The SMILES string of the molecule is COC(=O)CCCc1ccc(OCC(=O)N(C)C)c(-c2ccccc2)c1. The van der Waals surface area contributed by atoms with Crippen molar-refractivity contribution in [2.24, 2.45) is 0 Å². The molecule has 5 nitrogen and oxygen atoms in total. The summed E-state index contributed by atoms with van der Waals surface area (Å²) in [7, 11) is 4.80. The second kappa shape index (κ2) is 9.61. The quantitative estimate of drug-likeness (QED) is 0.682. The normalized spacial score (nSPS) is 10.3. The Labute approximate surface area is 154 Å². The maximum Gasteiger partial charge on any atom is 0.305 e. The number of esters is 1. The molecule has 0 saturated heterocycles. The average molecular weight is 355 g/mol. The van der Waals surface area contributed by atoms with Crippen LogP contribution in [0.2, 0.25) is 0 Å². The van der Waals surface area contributed by atoms with Crippen molar-refractivity contribution in [2.75, 3.05) is 27.8 Å². The molecule has 0 fully saturated rings. The lowest BCUT2D eigenvalue weighted by atomic mass is 9.99. The predicted octanol–water partition coefficient (Wildman–Crippen LogP) is 3.32. The van der Waals surface area contributed by atoms with E-state index >= 15 is 0 Å². The fourth-order valence-corrected chi connectivity index (χ4v) is 2.51. The van der Waals surface area contributed by atoms with Gasteiger partial charge in [0.1, 0.15) is 5.75 Å². The van der Waals surface area contributed by atoms with E-state index in [1.54, 1.807) is 14.1 Å². The van der Waals surface area contributed by atoms with E-state index in [1.165, 1.54) is 12.0 Å². The molecule has 0 aliphatic rings. The molecule has 0 unspecified atom stereocenters. The summed E-state index contributed by atoms with van der Waals surface area (Å²) >= 11 is 0. The molecule has 0 bridgehead atoms. The molecule has 0 radical (unpaired) electrons. The predicted molar refractivity (Wildman–Crippen MR) is 101 cm³/mol. The molecule has 0 aromatic heterocycles. The van der Waals surface area contributed by atoms with Crippen LogP contribution < -0.4 is 4.74 Å². The second-order valence-electron chi connectivity index (χ2n) is 6.20. The van der Waals surface area contributed by atoms with Crippen LogP contribution >= 0.6 is 0 Å². The van der Waals surface area contributed by atoms with Gasteiger partial charge in [0, 0.05) is 26.1 Å². The minimum atomic E-state index is -0.199. The Morgan fingerprint density at radius 1 is 1.04 bits per heavy atom. The van der Waals surface area contributed by atoms with Crippen LogP contribution in [0.4, 0.5) is 0 Å². The van der Waals surface area contributed by atoms with Crippen LogP contribution in [0.3, 0.4) is 0 Å². The molecule has 2 aromatic rings. The largest absolute Gasteiger partial charge is 0.483 e. The maximum absolute atomic E-state index is 11.8. The fourth-order valence-electron chi connectivity index (χ4n) is 2.51. The fraction of sp³-hybridized carbons (Fsp3) is 0.333. The van der Waals surface area contributed by atoms with Gasteiger partial charge in [0.15, 0.2) is 6.61 Å². The van der Waals surface area contributed by atoms with Gasteiger partial charge < -0.3 is 14.4 Å². The molecule has 0 aliphatic heterocycles. The average Bonchev–Trinajstić information content (AvgIpc) is 2.66. The molecule has 1 amide bonds. The standard InChI is InChI=1S/C21H25NO4/c1-22(2)20(23)15-26-19-13-12-16(8-7-11-21(24)25-3)14-18(19)17-9-5-4-6-10-17/h4-6,9-10,12-14H,7-8,11,15H2,1-3H3. The van der Waals surface area contributed by atoms with E-state index in [0.29, 0.717) is 12.2 Å². The lowest BCUT2D eigenvalue weighted by Crippen LogP contribution is -2.27. The van der Waals surface area contributed by atoms with Crippen LogP contribution in [-0.4, -0.2) is 44.6 Å². The van der Waals surface area contributed by atoms with Gasteiger partial charge in [-0.1, -0.05) is 36.4 Å². The van der Waals surface area contributed by atoms with Crippen LogP contribution in [0.5, 0.6) is 5.75 Å². The first-order chi connectivity index (χ1) is 12.5. The van der Waals surface area contributed by atoms with Gasteiger partial charge in [-0.25, -0.2) is 0 Å². The number of carbonyl (C=O) groups excluding carboxylic acids is 2. The van der Waals surface area contributed by atoms with Crippen molar-refractivity contribution < 1.29 is 19.1 Å². The third kappa shape index (κ3) is 5.62. The molecule has 26 heavy (non-hydrogen) atoms. The van der Waals surface area contributed by atoms with Gasteiger partial charge in [0.05, 0.1) is 7.11 Å². The summed E-state index contributed by atoms with van der Waals surface area (Å²) in [6.07, 6.45) is 1.89. The maximum atomic E-state index is 11.8. The van der Waals surface area contributed by atoms with Crippen LogP contribution in [0.25, 0.3) is 11.1 Å². The summed E-state index contributed by atoms with van der Waals surface area (Å²) in [5.41, 5.74) is 3.07. The number of methoxy groups -OCH3 is 1. The Morgan fingerprint density at radius 3 is 2.42 bits per heavy atom. The van der Waals surface area contributed by atoms with Gasteiger partial charge in [-0.05, 0) is 36.1 Å². The van der Waals surface area contributed by atoms with Crippen LogP contribution in [0.1, 0.15) is 18.4 Å². The number of nitrogens with zero attached hydrogens (tertiary/aromatic N) is 1. The molecule has 138 valence electrons. The lowest BCUT2D eigenvalue weighted by molar-refractivity contribution is -0.140. The van der Waals surface area contributed by atoms with Crippen molar-refractivity contribution in [2.45, 2.75) is 19.3 Å². The summed E-state index contributed by atoms with van der Waals surface area (Å²) in [6, 6.07) is 15.8. The van der Waals surface area contributed by atoms with Crippen molar-refractivity contribution in [1.29, 1.82) is 0 Å². The van der Waals surface area contributed by atoms with E-state index in [-0.39, 0.29) is 18.5 Å². The zero-order valence-corrected chi connectivity index (χ0v) is 15.5. The van der Waals surface area contributed by atoms with Crippen LogP contribution in [-0.2, 0) is 20.7 Å². The van der Waals surface area contributed by atoms with Crippen LogP contribution in [0.15, 0.2) is 48.5 Å². The molecular formula is C21H25NO4. The zero-order chi connectivity index (χ0) is 18.9.